The summed E-state index contributed by atoms with van der Waals surface area (Å²) in [6.45, 7) is 3.98. The molecule has 0 bridgehead atoms. The van der Waals surface area contributed by atoms with E-state index in [1.54, 1.807) is 7.11 Å². The molecule has 0 aliphatic carbocycles. The Labute approximate surface area is 135 Å². The van der Waals surface area contributed by atoms with Crippen molar-refractivity contribution in [2.24, 2.45) is 0 Å². The molecule has 0 aromatic heterocycles. The van der Waals surface area contributed by atoms with Gasteiger partial charge in [0.25, 0.3) is 0 Å². The van der Waals surface area contributed by atoms with E-state index < -0.39 is 5.41 Å². The number of ether oxygens (including phenoxy) is 3. The highest BCUT2D eigenvalue weighted by molar-refractivity contribution is 5.98. The van der Waals surface area contributed by atoms with Gasteiger partial charge in [-0.1, -0.05) is 6.07 Å². The molecule has 0 saturated carbocycles. The van der Waals surface area contributed by atoms with Crippen LogP contribution in [-0.4, -0.2) is 19.8 Å². The molecule has 120 valence electrons. The van der Waals surface area contributed by atoms with Gasteiger partial charge in [-0.15, -0.1) is 0 Å². The van der Waals surface area contributed by atoms with Crippen molar-refractivity contribution in [1.82, 2.24) is 0 Å². The number of rotatable bonds is 4. The van der Waals surface area contributed by atoms with Crippen molar-refractivity contribution in [2.45, 2.75) is 19.3 Å². The molecule has 0 spiro atoms. The van der Waals surface area contributed by atoms with Gasteiger partial charge in [0, 0.05) is 5.69 Å². The lowest BCUT2D eigenvalue weighted by Gasteiger charge is -2.24. The number of methoxy groups -OCH3 is 1. The van der Waals surface area contributed by atoms with Gasteiger partial charge in [0.15, 0.2) is 11.5 Å². The van der Waals surface area contributed by atoms with Crippen LogP contribution in [0.4, 0.5) is 5.69 Å². The Morgan fingerprint density at radius 1 is 1.09 bits per heavy atom. The Morgan fingerprint density at radius 3 is 2.48 bits per heavy atom. The molecule has 1 aliphatic heterocycles. The molecule has 0 unspecified atom stereocenters. The predicted octanol–water partition coefficient (Wildman–Crippen LogP) is 3.34. The fraction of sp³-hybridized carbons (Fsp3) is 0.278. The molecule has 0 fully saturated rings. The van der Waals surface area contributed by atoms with Gasteiger partial charge in [0.05, 0.1) is 12.5 Å². The zero-order chi connectivity index (χ0) is 16.4. The lowest BCUT2D eigenvalue weighted by atomic mass is 9.83. The second kappa shape index (κ2) is 5.83. The van der Waals surface area contributed by atoms with E-state index in [0.717, 1.165) is 17.0 Å². The monoisotopic (exact) mass is 313 g/mol. The number of fused-ring (bicyclic) bond motifs is 1. The summed E-state index contributed by atoms with van der Waals surface area (Å²) in [6.07, 6.45) is 0. The maximum absolute atomic E-state index is 12.7. The first-order valence-electron chi connectivity index (χ1n) is 7.36. The summed E-state index contributed by atoms with van der Waals surface area (Å²) < 4.78 is 15.8. The maximum Gasteiger partial charge on any atom is 0.234 e. The number of hydrogen-bond donors (Lipinski definition) is 1. The van der Waals surface area contributed by atoms with E-state index in [0.29, 0.717) is 11.5 Å². The van der Waals surface area contributed by atoms with Gasteiger partial charge >= 0.3 is 0 Å². The quantitative estimate of drug-likeness (QED) is 0.940. The third-order valence-corrected chi connectivity index (χ3v) is 4.01. The third-order valence-electron chi connectivity index (χ3n) is 4.01. The molecule has 0 saturated heterocycles. The minimum absolute atomic E-state index is 0.0958. The maximum atomic E-state index is 12.7. The van der Waals surface area contributed by atoms with E-state index in [2.05, 4.69) is 5.32 Å². The SMILES string of the molecule is COc1ccc(NC(=O)C(C)(C)c2ccc3c(c2)OCO3)cc1. The number of carbonyl (C=O) groups excluding carboxylic acids is 1. The van der Waals surface area contributed by atoms with Gasteiger partial charge in [-0.05, 0) is 55.8 Å². The Bertz CT molecular complexity index is 722. The standard InChI is InChI=1S/C18H19NO4/c1-18(2,12-4-9-15-16(10-12)23-11-22-15)17(20)19-13-5-7-14(21-3)8-6-13/h4-10H,11H2,1-3H3,(H,19,20). The highest BCUT2D eigenvalue weighted by Crippen LogP contribution is 2.36. The minimum atomic E-state index is -0.707. The molecule has 23 heavy (non-hydrogen) atoms. The first-order valence-corrected chi connectivity index (χ1v) is 7.36. The first-order chi connectivity index (χ1) is 11.0. The summed E-state index contributed by atoms with van der Waals surface area (Å²) >= 11 is 0. The van der Waals surface area contributed by atoms with Crippen LogP contribution in [0.15, 0.2) is 42.5 Å². The van der Waals surface area contributed by atoms with E-state index in [1.165, 1.54) is 0 Å². The molecule has 1 amide bonds. The summed E-state index contributed by atoms with van der Waals surface area (Å²) in [5, 5.41) is 2.93. The fourth-order valence-corrected chi connectivity index (χ4v) is 2.38. The van der Waals surface area contributed by atoms with Crippen LogP contribution in [0.3, 0.4) is 0 Å². The van der Waals surface area contributed by atoms with Crippen LogP contribution in [0.25, 0.3) is 0 Å². The third kappa shape index (κ3) is 2.95. The van der Waals surface area contributed by atoms with E-state index in [4.69, 9.17) is 14.2 Å². The van der Waals surface area contributed by atoms with Crippen molar-refractivity contribution >= 4 is 11.6 Å². The predicted molar refractivity (Wildman–Crippen MR) is 87.2 cm³/mol. The van der Waals surface area contributed by atoms with Crippen LogP contribution in [0.1, 0.15) is 19.4 Å². The first kappa shape index (κ1) is 15.2. The number of benzene rings is 2. The molecule has 1 N–H and O–H groups in total. The van der Waals surface area contributed by atoms with Crippen LogP contribution in [0, 0.1) is 0 Å². The van der Waals surface area contributed by atoms with Crippen molar-refractivity contribution in [2.75, 3.05) is 19.2 Å². The average molecular weight is 313 g/mol. The molecule has 1 heterocycles. The normalized spacial score (nSPS) is 12.8. The van der Waals surface area contributed by atoms with Crippen LogP contribution in [-0.2, 0) is 10.2 Å². The smallest absolute Gasteiger partial charge is 0.234 e. The molecule has 2 aromatic rings. The summed E-state index contributed by atoms with van der Waals surface area (Å²) in [5.41, 5.74) is 0.887. The average Bonchev–Trinajstić information content (AvgIpc) is 3.03. The van der Waals surface area contributed by atoms with Crippen molar-refractivity contribution < 1.29 is 19.0 Å². The largest absolute Gasteiger partial charge is 0.497 e. The van der Waals surface area contributed by atoms with E-state index in [9.17, 15) is 4.79 Å². The van der Waals surface area contributed by atoms with Gasteiger partial charge in [-0.2, -0.15) is 0 Å². The van der Waals surface area contributed by atoms with E-state index in [1.807, 2.05) is 56.3 Å². The summed E-state index contributed by atoms with van der Waals surface area (Å²) in [4.78, 5) is 12.7. The lowest BCUT2D eigenvalue weighted by Crippen LogP contribution is -2.34. The van der Waals surface area contributed by atoms with Crippen molar-refractivity contribution in [3.63, 3.8) is 0 Å². The Morgan fingerprint density at radius 2 is 1.78 bits per heavy atom. The fourth-order valence-electron chi connectivity index (χ4n) is 2.38. The zero-order valence-corrected chi connectivity index (χ0v) is 13.4. The molecule has 1 aliphatic rings. The number of hydrogen-bond acceptors (Lipinski definition) is 4. The van der Waals surface area contributed by atoms with Crippen LogP contribution in [0.2, 0.25) is 0 Å². The number of anilines is 1. The van der Waals surface area contributed by atoms with Gasteiger partial charge in [0.2, 0.25) is 12.7 Å². The lowest BCUT2D eigenvalue weighted by molar-refractivity contribution is -0.120. The van der Waals surface area contributed by atoms with Gasteiger partial charge < -0.3 is 19.5 Å². The number of carbonyl (C=O) groups is 1. The van der Waals surface area contributed by atoms with E-state index >= 15 is 0 Å². The zero-order valence-electron chi connectivity index (χ0n) is 13.4. The molecule has 0 atom stereocenters. The van der Waals surface area contributed by atoms with Gasteiger partial charge in [-0.25, -0.2) is 0 Å². The highest BCUT2D eigenvalue weighted by Gasteiger charge is 2.31. The van der Waals surface area contributed by atoms with Gasteiger partial charge in [-0.3, -0.25) is 4.79 Å². The Kier molecular flexibility index (Phi) is 3.86. The highest BCUT2D eigenvalue weighted by atomic mass is 16.7. The van der Waals surface area contributed by atoms with E-state index in [-0.39, 0.29) is 12.7 Å². The summed E-state index contributed by atoms with van der Waals surface area (Å²) in [6, 6.07) is 12.8. The second-order valence-corrected chi connectivity index (χ2v) is 5.88. The van der Waals surface area contributed by atoms with Crippen molar-refractivity contribution in [3.8, 4) is 17.2 Å². The Balaban J connectivity index is 1.79. The topological polar surface area (TPSA) is 56.8 Å². The number of nitrogens with one attached hydrogen (secondary N) is 1. The molecule has 0 radical (unpaired) electrons. The molecule has 2 aromatic carbocycles. The van der Waals surface area contributed by atoms with Crippen molar-refractivity contribution in [3.05, 3.63) is 48.0 Å². The molecule has 5 nitrogen and oxygen atoms in total. The van der Waals surface area contributed by atoms with Crippen LogP contribution < -0.4 is 19.5 Å². The van der Waals surface area contributed by atoms with Crippen LogP contribution >= 0.6 is 0 Å². The van der Waals surface area contributed by atoms with Crippen LogP contribution in [0.5, 0.6) is 17.2 Å². The van der Waals surface area contributed by atoms with Gasteiger partial charge in [0.1, 0.15) is 5.75 Å². The van der Waals surface area contributed by atoms with Crippen molar-refractivity contribution in [1.29, 1.82) is 0 Å². The second-order valence-electron chi connectivity index (χ2n) is 5.88. The Hall–Kier alpha value is -2.69. The minimum Gasteiger partial charge on any atom is -0.497 e. The molecule has 3 rings (SSSR count). The molecular formula is C18H19NO4. The molecule has 5 heteroatoms. The summed E-state index contributed by atoms with van der Waals surface area (Å²) in [7, 11) is 1.61. The number of amides is 1. The summed E-state index contributed by atoms with van der Waals surface area (Å²) in [5.74, 6) is 2.03. The molecular weight excluding hydrogens is 294 g/mol.